The molecule has 5 heterocycles. The van der Waals surface area contributed by atoms with Gasteiger partial charge in [0.1, 0.15) is 12.3 Å². The summed E-state index contributed by atoms with van der Waals surface area (Å²) >= 11 is 0. The van der Waals surface area contributed by atoms with E-state index in [1.165, 1.54) is 48.5 Å². The van der Waals surface area contributed by atoms with E-state index in [1.807, 2.05) is 0 Å². The number of benzene rings is 4. The molecule has 9 rings (SSSR count). The molecule has 53 heavy (non-hydrogen) atoms. The summed E-state index contributed by atoms with van der Waals surface area (Å²) in [7, 11) is 0. The molecule has 3 aliphatic heterocycles. The Bertz CT molecular complexity index is 3020. The maximum absolute atomic E-state index is 12.0. The first-order chi connectivity index (χ1) is 25.0. The van der Waals surface area contributed by atoms with Gasteiger partial charge in [0, 0.05) is 33.1 Å². The van der Waals surface area contributed by atoms with Gasteiger partial charge in [0.25, 0.3) is 0 Å². The van der Waals surface area contributed by atoms with Gasteiger partial charge < -0.3 is 50.4 Å². The number of amidine groups is 2. The first-order valence-electron chi connectivity index (χ1n) is 15.5. The third-order valence-electron chi connectivity index (χ3n) is 8.96. The largest absolute Gasteiger partial charge is 2.00 e. The quantitative estimate of drug-likeness (QED) is 0.203. The van der Waals surface area contributed by atoms with E-state index >= 15 is 0 Å². The van der Waals surface area contributed by atoms with Gasteiger partial charge in [-0.2, -0.15) is 0 Å². The number of fused-ring (bicyclic) bond motifs is 18. The number of hydrogen-bond acceptors (Lipinski definition) is 10. The molecule has 0 saturated heterocycles. The van der Waals surface area contributed by atoms with Crippen molar-refractivity contribution >= 4 is 57.1 Å². The molecule has 0 saturated carbocycles. The van der Waals surface area contributed by atoms with Gasteiger partial charge in [0.05, 0.1) is 33.9 Å². The minimum atomic E-state index is -1.19. The predicted octanol–water partition coefficient (Wildman–Crippen LogP) is 1.81. The van der Waals surface area contributed by atoms with Crippen molar-refractivity contribution in [2.24, 2.45) is 30.0 Å². The standard InChI is InChI=1S/C36H20N8O8.Co/c45-33(46)13-1-5-17-21(9-13)29-38-25(17)37-26-18-6-2-15(35(49)50)11-23(18)31(39-26)44-32-24-12-16(36(51)52)4-8-20(24)28(43-32)42-30-22-10-14(34(47)48)3-7-19(22)27(40-29)41-30;/h1-12,25,28H,(H6,37,38,39,40,41,42,43,44,45,46,47,48,49,50,51,52);/q;+2/p-2. The molecule has 0 fully saturated rings. The molecule has 16 nitrogen and oxygen atoms in total. The van der Waals surface area contributed by atoms with E-state index in [9.17, 15) is 39.6 Å². The first-order valence-corrected chi connectivity index (χ1v) is 15.5. The van der Waals surface area contributed by atoms with Crippen LogP contribution in [0.3, 0.4) is 0 Å². The Hall–Kier alpha value is -7.11. The summed E-state index contributed by atoms with van der Waals surface area (Å²) in [5, 5.41) is 40.7. The van der Waals surface area contributed by atoms with E-state index < -0.39 is 36.2 Å². The fourth-order valence-corrected chi connectivity index (χ4v) is 6.46. The van der Waals surface area contributed by atoms with Crippen molar-refractivity contribution < 1.29 is 56.4 Å². The summed E-state index contributed by atoms with van der Waals surface area (Å²) in [6.45, 7) is 0. The zero-order chi connectivity index (χ0) is 36.0. The summed E-state index contributed by atoms with van der Waals surface area (Å²) in [6.07, 6.45) is -1.98. The van der Waals surface area contributed by atoms with E-state index in [-0.39, 0.29) is 72.7 Å². The number of aromatic nitrogens is 2. The summed E-state index contributed by atoms with van der Waals surface area (Å²) in [5.74, 6) is -4.56. The predicted molar refractivity (Wildman–Crippen MR) is 178 cm³/mol. The van der Waals surface area contributed by atoms with Crippen LogP contribution < -0.4 is 31.9 Å². The second-order valence-corrected chi connectivity index (χ2v) is 12.0. The normalized spacial score (nSPS) is 17.7. The Morgan fingerprint density at radius 3 is 1.26 bits per heavy atom. The molecule has 259 valence electrons. The molecule has 8 bridgehead atoms. The van der Waals surface area contributed by atoms with E-state index in [1.54, 1.807) is 24.3 Å². The van der Waals surface area contributed by atoms with Gasteiger partial charge in [-0.25, -0.2) is 19.2 Å². The fourth-order valence-electron chi connectivity index (χ4n) is 6.46. The summed E-state index contributed by atoms with van der Waals surface area (Å²) < 4.78 is 0. The molecule has 0 aliphatic carbocycles. The zero-order valence-electron chi connectivity index (χ0n) is 26.4. The van der Waals surface area contributed by atoms with Crippen LogP contribution in [-0.4, -0.2) is 56.0 Å². The summed E-state index contributed by atoms with van der Waals surface area (Å²) in [4.78, 5) is 85.8. The molecule has 0 amide bonds. The molecular formula is C36H18CoN8O8. The Balaban J connectivity index is 0.00000400. The number of nitrogens with zero attached hydrogens (tertiary/aromatic N) is 8. The number of carbonyl (C=O) groups is 4. The van der Waals surface area contributed by atoms with Crippen LogP contribution in [0.25, 0.3) is 21.5 Å². The average molecular weight is 750 g/mol. The van der Waals surface area contributed by atoms with Crippen LogP contribution in [0.1, 0.15) is 76.0 Å². The number of carboxylic acid groups (broad SMARTS) is 4. The second kappa shape index (κ2) is 12.0. The van der Waals surface area contributed by atoms with E-state index in [4.69, 9.17) is 30.0 Å². The molecular weight excluding hydrogens is 731 g/mol. The Morgan fingerprint density at radius 2 is 0.811 bits per heavy atom. The monoisotopic (exact) mass is 749 g/mol. The topological polar surface area (TPSA) is 252 Å². The van der Waals surface area contributed by atoms with Crippen LogP contribution in [0.2, 0.25) is 0 Å². The molecule has 2 aromatic heterocycles. The molecule has 0 spiro atoms. The molecule has 1 radical (unpaired) electrons. The molecule has 3 aliphatic rings. The Morgan fingerprint density at radius 1 is 0.453 bits per heavy atom. The van der Waals surface area contributed by atoms with E-state index in [0.717, 1.165) is 0 Å². The first kappa shape index (κ1) is 33.1. The summed E-state index contributed by atoms with van der Waals surface area (Å²) in [5.41, 5.74) is 1.96. The molecule has 4 N–H and O–H groups in total. The van der Waals surface area contributed by atoms with Crippen LogP contribution in [0.4, 0.5) is 0 Å². The van der Waals surface area contributed by atoms with E-state index in [0.29, 0.717) is 43.8 Å². The molecule has 4 aromatic carbocycles. The van der Waals surface area contributed by atoms with Crippen molar-refractivity contribution in [1.82, 2.24) is 9.97 Å². The van der Waals surface area contributed by atoms with E-state index in [2.05, 4.69) is 9.97 Å². The van der Waals surface area contributed by atoms with Gasteiger partial charge in [-0.05, 0) is 81.2 Å². The van der Waals surface area contributed by atoms with Crippen LogP contribution in [0, 0.1) is 0 Å². The number of aliphatic imine (C=N–C) groups is 2. The van der Waals surface area contributed by atoms with Gasteiger partial charge >= 0.3 is 40.7 Å². The van der Waals surface area contributed by atoms with Gasteiger partial charge in [-0.1, -0.05) is 24.3 Å². The Labute approximate surface area is 304 Å². The van der Waals surface area contributed by atoms with Crippen LogP contribution in [-0.2, 0) is 16.8 Å². The smallest absolute Gasteiger partial charge is 0.478 e. The molecule has 2 unspecified atom stereocenters. The van der Waals surface area contributed by atoms with Crippen molar-refractivity contribution in [2.45, 2.75) is 12.3 Å². The SMILES string of the molecule is O=C(O)c1ccc2c(c1)C1=NC2/N=c2\[n-]c(c3ccc(C(=O)O)cc23)=NC2=NC(/N=c3\[n-]c(c4cc(C(=O)O)ccc34)=N1)c1ccc(C(=O)O)cc12.[Co+2]. The van der Waals surface area contributed by atoms with Gasteiger partial charge in [0.15, 0.2) is 0 Å². The molecule has 2 atom stereocenters. The van der Waals surface area contributed by atoms with Crippen molar-refractivity contribution in [2.75, 3.05) is 0 Å². The van der Waals surface area contributed by atoms with Crippen LogP contribution in [0.15, 0.2) is 103 Å². The minimum Gasteiger partial charge on any atom is -0.478 e. The van der Waals surface area contributed by atoms with Crippen LogP contribution >= 0.6 is 0 Å². The van der Waals surface area contributed by atoms with Crippen LogP contribution in [0.5, 0.6) is 0 Å². The number of rotatable bonds is 4. The number of hydrogen-bond donors (Lipinski definition) is 4. The minimum absolute atomic E-state index is 0. The Kier molecular flexibility index (Phi) is 7.48. The number of aromatic carboxylic acids is 4. The van der Waals surface area contributed by atoms with Crippen molar-refractivity contribution in [3.8, 4) is 0 Å². The van der Waals surface area contributed by atoms with Crippen molar-refractivity contribution in [3.63, 3.8) is 0 Å². The average Bonchev–Trinajstić information content (AvgIpc) is 3.85. The molecule has 17 heteroatoms. The second-order valence-electron chi connectivity index (χ2n) is 12.0. The fraction of sp³-hybridized carbons (Fsp3) is 0.0556. The third kappa shape index (κ3) is 5.29. The maximum atomic E-state index is 12.0. The van der Waals surface area contributed by atoms with Crippen molar-refractivity contribution in [3.05, 3.63) is 139 Å². The maximum Gasteiger partial charge on any atom is 2.00 e. The zero-order valence-corrected chi connectivity index (χ0v) is 27.5. The van der Waals surface area contributed by atoms with Crippen molar-refractivity contribution in [1.29, 1.82) is 0 Å². The van der Waals surface area contributed by atoms with Gasteiger partial charge in [-0.15, -0.1) is 0 Å². The summed E-state index contributed by atoms with van der Waals surface area (Å²) in [6, 6.07) is 17.5. The number of carboxylic acids is 4. The van der Waals surface area contributed by atoms with Gasteiger partial charge in [0.2, 0.25) is 0 Å². The van der Waals surface area contributed by atoms with Gasteiger partial charge in [-0.3, -0.25) is 9.98 Å². The molecule has 6 aromatic rings. The third-order valence-corrected chi connectivity index (χ3v) is 8.96.